The minimum Gasteiger partial charge on any atom is -0.466 e. The van der Waals surface area contributed by atoms with E-state index >= 15 is 0 Å². The topological polar surface area (TPSA) is 38.3 Å². The maximum absolute atomic E-state index is 11.2. The summed E-state index contributed by atoms with van der Waals surface area (Å²) < 4.78 is 4.90. The highest BCUT2D eigenvalue weighted by molar-refractivity contribution is 5.69. The molecule has 0 spiro atoms. The molecule has 3 heteroatoms. The van der Waals surface area contributed by atoms with Crippen molar-refractivity contribution >= 4 is 5.97 Å². The van der Waals surface area contributed by atoms with E-state index in [1.165, 1.54) is 17.5 Å². The Bertz CT molecular complexity index is 403. The Kier molecular flexibility index (Phi) is 4.76. The number of benzene rings is 1. The molecular weight excluding hydrogens is 226 g/mol. The van der Waals surface area contributed by atoms with Crippen LogP contribution >= 0.6 is 0 Å². The second-order valence-corrected chi connectivity index (χ2v) is 4.65. The van der Waals surface area contributed by atoms with Gasteiger partial charge >= 0.3 is 5.97 Å². The molecule has 1 unspecified atom stereocenters. The van der Waals surface area contributed by atoms with E-state index in [-0.39, 0.29) is 5.97 Å². The van der Waals surface area contributed by atoms with Crippen LogP contribution in [0.4, 0.5) is 0 Å². The molecule has 3 nitrogen and oxygen atoms in total. The predicted octanol–water partition coefficient (Wildman–Crippen LogP) is 2.61. The lowest BCUT2D eigenvalue weighted by Gasteiger charge is -2.13. The van der Waals surface area contributed by atoms with E-state index in [4.69, 9.17) is 4.74 Å². The van der Waals surface area contributed by atoms with E-state index < -0.39 is 0 Å². The van der Waals surface area contributed by atoms with Crippen LogP contribution < -0.4 is 5.32 Å². The summed E-state index contributed by atoms with van der Waals surface area (Å²) in [6.07, 6.45) is 3.68. The smallest absolute Gasteiger partial charge is 0.305 e. The molecule has 98 valence electrons. The number of carbonyl (C=O) groups is 1. The first kappa shape index (κ1) is 13.1. The van der Waals surface area contributed by atoms with Crippen LogP contribution in [-0.4, -0.2) is 19.1 Å². The van der Waals surface area contributed by atoms with E-state index in [1.54, 1.807) is 0 Å². The van der Waals surface area contributed by atoms with Gasteiger partial charge < -0.3 is 10.1 Å². The third-order valence-electron chi connectivity index (χ3n) is 3.39. The van der Waals surface area contributed by atoms with Crippen LogP contribution in [0.2, 0.25) is 0 Å². The average molecular weight is 247 g/mol. The standard InChI is InChI=1S/C15H21NO2/c1-2-18-15(17)8-5-11-16-14-10-9-12-6-3-4-7-13(12)14/h3-4,6-7,14,16H,2,5,8-11H2,1H3. The normalized spacial score (nSPS) is 17.5. The molecule has 0 saturated carbocycles. The van der Waals surface area contributed by atoms with Gasteiger partial charge in [0.25, 0.3) is 0 Å². The Morgan fingerprint density at radius 3 is 3.11 bits per heavy atom. The van der Waals surface area contributed by atoms with Gasteiger partial charge in [0.2, 0.25) is 0 Å². The van der Waals surface area contributed by atoms with E-state index in [0.717, 1.165) is 19.4 Å². The van der Waals surface area contributed by atoms with Gasteiger partial charge in [-0.05, 0) is 43.9 Å². The molecular formula is C15H21NO2. The molecule has 2 rings (SSSR count). The zero-order valence-corrected chi connectivity index (χ0v) is 10.9. The zero-order chi connectivity index (χ0) is 12.8. The van der Waals surface area contributed by atoms with Gasteiger partial charge in [-0.1, -0.05) is 24.3 Å². The first-order valence-electron chi connectivity index (χ1n) is 6.78. The molecule has 0 radical (unpaired) electrons. The Labute approximate surface area is 109 Å². The van der Waals surface area contributed by atoms with Crippen LogP contribution in [0, 0.1) is 0 Å². The van der Waals surface area contributed by atoms with Gasteiger partial charge in [-0.2, -0.15) is 0 Å². The fraction of sp³-hybridized carbons (Fsp3) is 0.533. The number of nitrogens with one attached hydrogen (secondary N) is 1. The molecule has 1 aromatic rings. The van der Waals surface area contributed by atoms with Crippen molar-refractivity contribution in [3.63, 3.8) is 0 Å². The number of hydrogen-bond acceptors (Lipinski definition) is 3. The van der Waals surface area contributed by atoms with Crippen molar-refractivity contribution in [1.29, 1.82) is 0 Å². The third-order valence-corrected chi connectivity index (χ3v) is 3.39. The second kappa shape index (κ2) is 6.55. The molecule has 1 atom stereocenters. The van der Waals surface area contributed by atoms with Crippen molar-refractivity contribution in [1.82, 2.24) is 5.32 Å². The maximum Gasteiger partial charge on any atom is 0.305 e. The average Bonchev–Trinajstić information content (AvgIpc) is 2.78. The number of aryl methyl sites for hydroxylation is 1. The molecule has 1 aliphatic rings. The fourth-order valence-electron chi connectivity index (χ4n) is 2.51. The van der Waals surface area contributed by atoms with Crippen molar-refractivity contribution < 1.29 is 9.53 Å². The first-order chi connectivity index (χ1) is 8.81. The molecule has 0 aromatic heterocycles. The van der Waals surface area contributed by atoms with Gasteiger partial charge in [0.15, 0.2) is 0 Å². The van der Waals surface area contributed by atoms with Crippen LogP contribution in [0.15, 0.2) is 24.3 Å². The Hall–Kier alpha value is -1.35. The summed E-state index contributed by atoms with van der Waals surface area (Å²) in [7, 11) is 0. The lowest BCUT2D eigenvalue weighted by Crippen LogP contribution is -2.21. The molecule has 0 saturated heterocycles. The Balaban J connectivity index is 1.71. The highest BCUT2D eigenvalue weighted by atomic mass is 16.5. The Morgan fingerprint density at radius 1 is 1.44 bits per heavy atom. The van der Waals surface area contributed by atoms with Crippen molar-refractivity contribution in [2.45, 2.75) is 38.6 Å². The third kappa shape index (κ3) is 3.33. The molecule has 18 heavy (non-hydrogen) atoms. The van der Waals surface area contributed by atoms with Gasteiger partial charge in [-0.3, -0.25) is 4.79 Å². The highest BCUT2D eigenvalue weighted by Crippen LogP contribution is 2.30. The summed E-state index contributed by atoms with van der Waals surface area (Å²) in [6, 6.07) is 9.06. The summed E-state index contributed by atoms with van der Waals surface area (Å²) in [5, 5.41) is 3.53. The van der Waals surface area contributed by atoms with Crippen LogP contribution in [0.1, 0.15) is 43.4 Å². The monoisotopic (exact) mass is 247 g/mol. The van der Waals surface area contributed by atoms with Gasteiger partial charge in [0, 0.05) is 12.5 Å². The van der Waals surface area contributed by atoms with Crippen molar-refractivity contribution in [3.8, 4) is 0 Å². The maximum atomic E-state index is 11.2. The van der Waals surface area contributed by atoms with Crippen LogP contribution in [-0.2, 0) is 16.0 Å². The number of hydrogen-bond donors (Lipinski definition) is 1. The SMILES string of the molecule is CCOC(=O)CCCNC1CCc2ccccc21. The van der Waals surface area contributed by atoms with Gasteiger partial charge in [-0.25, -0.2) is 0 Å². The second-order valence-electron chi connectivity index (χ2n) is 4.65. The van der Waals surface area contributed by atoms with Gasteiger partial charge in [0.1, 0.15) is 0 Å². The summed E-state index contributed by atoms with van der Waals surface area (Å²) in [5.74, 6) is -0.0916. The molecule has 0 aliphatic heterocycles. The van der Waals surface area contributed by atoms with Crippen LogP contribution in [0.3, 0.4) is 0 Å². The molecule has 0 heterocycles. The van der Waals surface area contributed by atoms with Crippen LogP contribution in [0.25, 0.3) is 0 Å². The molecule has 0 fully saturated rings. The van der Waals surface area contributed by atoms with E-state index in [1.807, 2.05) is 6.92 Å². The number of rotatable bonds is 6. The molecule has 0 amide bonds. The highest BCUT2D eigenvalue weighted by Gasteiger charge is 2.20. The number of ether oxygens (including phenoxy) is 1. The fourth-order valence-corrected chi connectivity index (χ4v) is 2.51. The van der Waals surface area contributed by atoms with E-state index in [2.05, 4.69) is 29.6 Å². The molecule has 1 aromatic carbocycles. The minimum absolute atomic E-state index is 0.0916. The number of fused-ring (bicyclic) bond motifs is 1. The summed E-state index contributed by atoms with van der Waals surface area (Å²) in [4.78, 5) is 11.2. The largest absolute Gasteiger partial charge is 0.466 e. The summed E-state index contributed by atoms with van der Waals surface area (Å²) >= 11 is 0. The van der Waals surface area contributed by atoms with Gasteiger partial charge in [0.05, 0.1) is 6.61 Å². The number of esters is 1. The lowest BCUT2D eigenvalue weighted by molar-refractivity contribution is -0.143. The first-order valence-corrected chi connectivity index (χ1v) is 6.78. The predicted molar refractivity (Wildman–Crippen MR) is 71.4 cm³/mol. The van der Waals surface area contributed by atoms with Crippen molar-refractivity contribution in [2.24, 2.45) is 0 Å². The molecule has 1 N–H and O–H groups in total. The summed E-state index contributed by atoms with van der Waals surface area (Å²) in [5.41, 5.74) is 2.88. The minimum atomic E-state index is -0.0916. The number of carbonyl (C=O) groups excluding carboxylic acids is 1. The zero-order valence-electron chi connectivity index (χ0n) is 10.9. The Morgan fingerprint density at radius 2 is 2.28 bits per heavy atom. The van der Waals surface area contributed by atoms with Crippen molar-refractivity contribution in [3.05, 3.63) is 35.4 Å². The lowest BCUT2D eigenvalue weighted by atomic mass is 10.1. The molecule has 0 bridgehead atoms. The van der Waals surface area contributed by atoms with E-state index in [9.17, 15) is 4.79 Å². The van der Waals surface area contributed by atoms with Crippen molar-refractivity contribution in [2.75, 3.05) is 13.2 Å². The van der Waals surface area contributed by atoms with Gasteiger partial charge in [-0.15, -0.1) is 0 Å². The quantitative estimate of drug-likeness (QED) is 0.620. The van der Waals surface area contributed by atoms with Crippen LogP contribution in [0.5, 0.6) is 0 Å². The molecule has 1 aliphatic carbocycles. The summed E-state index contributed by atoms with van der Waals surface area (Å²) in [6.45, 7) is 3.19. The van der Waals surface area contributed by atoms with E-state index in [0.29, 0.717) is 19.1 Å².